The summed E-state index contributed by atoms with van der Waals surface area (Å²) in [5.41, 5.74) is 0. The first-order valence-electron chi connectivity index (χ1n) is 7.50. The lowest BCUT2D eigenvalue weighted by molar-refractivity contribution is -0.177. The second kappa shape index (κ2) is 6.16. The zero-order valence-electron chi connectivity index (χ0n) is 13.9. The third kappa shape index (κ3) is 3.62. The average molecular weight is 302 g/mol. The molecule has 0 aromatic carbocycles. The van der Waals surface area contributed by atoms with Crippen LogP contribution in [0.3, 0.4) is 0 Å². The van der Waals surface area contributed by atoms with Crippen LogP contribution in [0.25, 0.3) is 0 Å². The molecule has 1 heterocycles. The van der Waals surface area contributed by atoms with Crippen molar-refractivity contribution in [3.05, 3.63) is 0 Å². The van der Waals surface area contributed by atoms with E-state index >= 15 is 0 Å². The second-order valence-corrected chi connectivity index (χ2v) is 12.2. The number of hydrogen-bond acceptors (Lipinski definition) is 4. The second-order valence-electron chi connectivity index (χ2n) is 7.48. The van der Waals surface area contributed by atoms with Gasteiger partial charge in [0.1, 0.15) is 6.10 Å². The Kier molecular flexibility index (Phi) is 5.44. The average Bonchev–Trinajstić information content (AvgIpc) is 2.30. The molecule has 1 saturated heterocycles. The number of aliphatic hydroxyl groups excluding tert-OH is 1. The highest BCUT2D eigenvalue weighted by atomic mass is 28.4. The minimum absolute atomic E-state index is 0.0312. The summed E-state index contributed by atoms with van der Waals surface area (Å²) in [6.07, 6.45) is 0.129. The predicted molar refractivity (Wildman–Crippen MR) is 82.0 cm³/mol. The monoisotopic (exact) mass is 302 g/mol. The fourth-order valence-electron chi connectivity index (χ4n) is 2.34. The molecule has 1 aliphatic rings. The highest BCUT2D eigenvalue weighted by molar-refractivity contribution is 6.74. The highest BCUT2D eigenvalue weighted by Crippen LogP contribution is 2.41. The van der Waals surface area contributed by atoms with Crippen molar-refractivity contribution >= 4 is 14.3 Å². The van der Waals surface area contributed by atoms with E-state index in [0.717, 1.165) is 0 Å². The van der Waals surface area contributed by atoms with E-state index in [2.05, 4.69) is 40.8 Å². The number of aliphatic hydroxyl groups is 1. The quantitative estimate of drug-likeness (QED) is 0.641. The molecule has 1 fully saturated rings. The highest BCUT2D eigenvalue weighted by Gasteiger charge is 2.47. The van der Waals surface area contributed by atoms with E-state index in [0.29, 0.717) is 6.42 Å². The zero-order valence-corrected chi connectivity index (χ0v) is 14.9. The van der Waals surface area contributed by atoms with Gasteiger partial charge in [0, 0.05) is 18.9 Å². The molecule has 0 saturated carbocycles. The van der Waals surface area contributed by atoms with Crippen LogP contribution in [0, 0.1) is 11.8 Å². The Bertz CT molecular complexity index is 348. The molecule has 118 valence electrons. The number of rotatable bonds is 4. The molecule has 0 radical (unpaired) electrons. The summed E-state index contributed by atoms with van der Waals surface area (Å²) < 4.78 is 11.9. The van der Waals surface area contributed by atoms with Crippen LogP contribution in [-0.2, 0) is 14.0 Å². The zero-order chi connectivity index (χ0) is 15.7. The van der Waals surface area contributed by atoms with Crippen molar-refractivity contribution < 1.29 is 19.1 Å². The topological polar surface area (TPSA) is 55.8 Å². The molecule has 0 amide bonds. The first-order valence-corrected chi connectivity index (χ1v) is 10.4. The molecule has 0 spiro atoms. The maximum absolute atomic E-state index is 12.0. The lowest BCUT2D eigenvalue weighted by Crippen LogP contribution is -2.54. The molecule has 1 aliphatic heterocycles. The Balaban J connectivity index is 2.92. The van der Waals surface area contributed by atoms with Gasteiger partial charge in [-0.15, -0.1) is 0 Å². The van der Waals surface area contributed by atoms with Crippen molar-refractivity contribution in [1.82, 2.24) is 0 Å². The Morgan fingerprint density at radius 1 is 1.30 bits per heavy atom. The number of ether oxygens (including phenoxy) is 1. The smallest absolute Gasteiger partial charge is 0.311 e. The van der Waals surface area contributed by atoms with Gasteiger partial charge >= 0.3 is 5.97 Å². The standard InChI is InChI=1S/C15H30O4Si/c1-10-12(8-9-16)18-14(17)11(2)13(10)19-20(6,7)15(3,4)5/h10-13,16H,8-9H2,1-7H3/t10-,11-,12+,13-/m0/s1. The van der Waals surface area contributed by atoms with Gasteiger partial charge in [-0.25, -0.2) is 0 Å². The molecule has 0 bridgehead atoms. The molecule has 0 unspecified atom stereocenters. The van der Waals surface area contributed by atoms with Crippen molar-refractivity contribution in [2.75, 3.05) is 6.61 Å². The van der Waals surface area contributed by atoms with Crippen molar-refractivity contribution in [3.8, 4) is 0 Å². The van der Waals surface area contributed by atoms with Crippen LogP contribution in [0.2, 0.25) is 18.1 Å². The maximum Gasteiger partial charge on any atom is 0.311 e. The molecule has 1 N–H and O–H groups in total. The largest absolute Gasteiger partial charge is 0.462 e. The summed E-state index contributed by atoms with van der Waals surface area (Å²) in [6, 6.07) is 0. The molecule has 1 rings (SSSR count). The van der Waals surface area contributed by atoms with E-state index < -0.39 is 8.32 Å². The summed E-state index contributed by atoms with van der Waals surface area (Å²) in [6.45, 7) is 15.0. The lowest BCUT2D eigenvalue weighted by atomic mass is 9.85. The SMILES string of the molecule is C[C@@H]1[C@H](O[Si](C)(C)C(C)(C)C)[C@H](C)C(=O)O[C@@H]1CCO. The summed E-state index contributed by atoms with van der Waals surface area (Å²) in [5.74, 6) is -0.330. The van der Waals surface area contributed by atoms with Crippen molar-refractivity contribution in [3.63, 3.8) is 0 Å². The first-order chi connectivity index (χ1) is 9.01. The molecule has 4 atom stereocenters. The van der Waals surface area contributed by atoms with Gasteiger partial charge in [-0.3, -0.25) is 4.79 Å². The van der Waals surface area contributed by atoms with E-state index in [4.69, 9.17) is 14.3 Å². The molecule has 0 aromatic heterocycles. The Morgan fingerprint density at radius 3 is 2.30 bits per heavy atom. The number of carbonyl (C=O) groups is 1. The molecule has 4 nitrogen and oxygen atoms in total. The first kappa shape index (κ1) is 17.7. The number of cyclic esters (lactones) is 1. The Labute approximate surface area is 124 Å². The molecule has 0 aliphatic carbocycles. The van der Waals surface area contributed by atoms with Crippen LogP contribution in [0.5, 0.6) is 0 Å². The van der Waals surface area contributed by atoms with E-state index in [9.17, 15) is 4.79 Å². The third-order valence-electron chi connectivity index (χ3n) is 4.89. The summed E-state index contributed by atoms with van der Waals surface area (Å²) in [4.78, 5) is 12.0. The normalized spacial score (nSPS) is 32.1. The summed E-state index contributed by atoms with van der Waals surface area (Å²) >= 11 is 0. The van der Waals surface area contributed by atoms with Crippen LogP contribution in [0.1, 0.15) is 41.0 Å². The fraction of sp³-hybridized carbons (Fsp3) is 0.933. The van der Waals surface area contributed by atoms with Gasteiger partial charge in [0.05, 0.1) is 12.0 Å². The van der Waals surface area contributed by atoms with Gasteiger partial charge in [-0.1, -0.05) is 27.7 Å². The van der Waals surface area contributed by atoms with Crippen LogP contribution in [0.4, 0.5) is 0 Å². The number of hydrogen-bond donors (Lipinski definition) is 1. The number of esters is 1. The molecule has 20 heavy (non-hydrogen) atoms. The Hall–Kier alpha value is -0.393. The van der Waals surface area contributed by atoms with E-state index in [-0.39, 0.29) is 41.7 Å². The molecular weight excluding hydrogens is 272 g/mol. The van der Waals surface area contributed by atoms with Gasteiger partial charge in [0.15, 0.2) is 8.32 Å². The van der Waals surface area contributed by atoms with E-state index in [1.807, 2.05) is 6.92 Å². The predicted octanol–water partition coefficient (Wildman–Crippen LogP) is 2.96. The molecule has 0 aromatic rings. The van der Waals surface area contributed by atoms with Gasteiger partial charge in [-0.05, 0) is 25.1 Å². The lowest BCUT2D eigenvalue weighted by Gasteiger charge is -2.46. The summed E-state index contributed by atoms with van der Waals surface area (Å²) in [7, 11) is -1.93. The van der Waals surface area contributed by atoms with Crippen molar-refractivity contribution in [2.24, 2.45) is 11.8 Å². The molecule has 5 heteroatoms. The van der Waals surface area contributed by atoms with Crippen LogP contribution >= 0.6 is 0 Å². The van der Waals surface area contributed by atoms with Gasteiger partial charge < -0.3 is 14.3 Å². The Morgan fingerprint density at radius 2 is 1.85 bits per heavy atom. The summed E-state index contributed by atoms with van der Waals surface area (Å²) in [5, 5.41) is 9.22. The minimum Gasteiger partial charge on any atom is -0.462 e. The van der Waals surface area contributed by atoms with Crippen LogP contribution in [-0.4, -0.2) is 38.2 Å². The molecular formula is C15H30O4Si. The van der Waals surface area contributed by atoms with E-state index in [1.165, 1.54) is 0 Å². The van der Waals surface area contributed by atoms with E-state index in [1.54, 1.807) is 0 Å². The third-order valence-corrected chi connectivity index (χ3v) is 9.36. The van der Waals surface area contributed by atoms with Gasteiger partial charge in [-0.2, -0.15) is 0 Å². The van der Waals surface area contributed by atoms with Crippen LogP contribution in [0.15, 0.2) is 0 Å². The van der Waals surface area contributed by atoms with Gasteiger partial charge in [0.25, 0.3) is 0 Å². The number of carbonyl (C=O) groups excluding carboxylic acids is 1. The van der Waals surface area contributed by atoms with Gasteiger partial charge in [0.2, 0.25) is 0 Å². The van der Waals surface area contributed by atoms with Crippen molar-refractivity contribution in [2.45, 2.75) is 71.4 Å². The minimum atomic E-state index is -1.93. The van der Waals surface area contributed by atoms with Crippen LogP contribution < -0.4 is 0 Å². The van der Waals surface area contributed by atoms with Crippen molar-refractivity contribution in [1.29, 1.82) is 0 Å². The fourth-order valence-corrected chi connectivity index (χ4v) is 3.79. The maximum atomic E-state index is 12.0.